The number of hydrogen-bond donors (Lipinski definition) is 2. The van der Waals surface area contributed by atoms with Crippen LogP contribution in [0, 0.1) is 0 Å². The zero-order valence-electron chi connectivity index (χ0n) is 15.4. The lowest BCUT2D eigenvalue weighted by Gasteiger charge is -2.27. The van der Waals surface area contributed by atoms with Gasteiger partial charge in [-0.1, -0.05) is 5.11 Å². The number of rotatable bonds is 7. The Kier molecular flexibility index (Phi) is 6.79. The molecule has 0 aliphatic carbocycles. The molecule has 2 fully saturated rings. The van der Waals surface area contributed by atoms with Crippen molar-refractivity contribution >= 4 is 37.5 Å². The Labute approximate surface area is 168 Å². The van der Waals surface area contributed by atoms with E-state index in [0.29, 0.717) is 13.2 Å². The zero-order valence-corrected chi connectivity index (χ0v) is 17.0. The van der Waals surface area contributed by atoms with Crippen molar-refractivity contribution in [3.8, 4) is 0 Å². The Bertz CT molecular complexity index is 982. The first-order valence-electron chi connectivity index (χ1n) is 8.72. The topological polar surface area (TPSA) is 166 Å². The number of azide groups is 1. The summed E-state index contributed by atoms with van der Waals surface area (Å²) >= 11 is 0. The predicted octanol–water partition coefficient (Wildman–Crippen LogP) is 0.606. The summed E-state index contributed by atoms with van der Waals surface area (Å²) < 4.78 is 67.5. The fourth-order valence-electron chi connectivity index (χ4n) is 2.80. The molecule has 2 aliphatic rings. The summed E-state index contributed by atoms with van der Waals surface area (Å²) in [6, 6.07) is 3.97. The van der Waals surface area contributed by atoms with Gasteiger partial charge in [-0.25, -0.2) is 0 Å². The summed E-state index contributed by atoms with van der Waals surface area (Å²) in [7, 11) is -7.71. The standard InChI is InChI=1S/C14H21N7O6S2/c15-19-16-14-11-12(17-28(22,23)20-3-7-26-8-4-20)1-2-13(14)18-29(24,25)21-5-9-27-10-6-21/h1-2,11,17-18H,3-10H2. The third kappa shape index (κ3) is 5.48. The maximum atomic E-state index is 12.5. The van der Waals surface area contributed by atoms with Crippen LogP contribution < -0.4 is 9.44 Å². The van der Waals surface area contributed by atoms with E-state index in [2.05, 4.69) is 19.5 Å². The van der Waals surface area contributed by atoms with Gasteiger partial charge in [-0.3, -0.25) is 9.44 Å². The summed E-state index contributed by atoms with van der Waals surface area (Å²) in [5, 5.41) is 3.48. The van der Waals surface area contributed by atoms with Crippen LogP contribution in [0.3, 0.4) is 0 Å². The highest BCUT2D eigenvalue weighted by molar-refractivity contribution is 7.90. The van der Waals surface area contributed by atoms with E-state index in [1.807, 2.05) is 0 Å². The highest BCUT2D eigenvalue weighted by Gasteiger charge is 2.26. The molecular formula is C14H21N7O6S2. The van der Waals surface area contributed by atoms with E-state index >= 15 is 0 Å². The molecule has 2 N–H and O–H groups in total. The van der Waals surface area contributed by atoms with Crippen LogP contribution in [0.1, 0.15) is 0 Å². The van der Waals surface area contributed by atoms with Gasteiger partial charge in [-0.2, -0.15) is 25.4 Å². The molecule has 160 valence electrons. The van der Waals surface area contributed by atoms with Crippen LogP contribution in [-0.4, -0.2) is 78.1 Å². The molecule has 15 heteroatoms. The molecule has 3 rings (SSSR count). The van der Waals surface area contributed by atoms with Crippen molar-refractivity contribution in [3.63, 3.8) is 0 Å². The Morgan fingerprint density at radius 2 is 1.41 bits per heavy atom. The number of morpholine rings is 2. The van der Waals surface area contributed by atoms with Crippen molar-refractivity contribution < 1.29 is 26.3 Å². The van der Waals surface area contributed by atoms with Gasteiger partial charge in [0.15, 0.2) is 0 Å². The largest absolute Gasteiger partial charge is 0.379 e. The number of nitrogens with zero attached hydrogens (tertiary/aromatic N) is 5. The van der Waals surface area contributed by atoms with Crippen molar-refractivity contribution in [2.45, 2.75) is 0 Å². The molecule has 1 aromatic carbocycles. The molecule has 2 aliphatic heterocycles. The Morgan fingerprint density at radius 3 is 1.93 bits per heavy atom. The third-order valence-electron chi connectivity index (χ3n) is 4.26. The summed E-state index contributed by atoms with van der Waals surface area (Å²) in [6.45, 7) is 2.00. The van der Waals surface area contributed by atoms with Crippen molar-refractivity contribution in [1.82, 2.24) is 8.61 Å². The molecule has 0 radical (unpaired) electrons. The molecule has 0 unspecified atom stereocenters. The minimum absolute atomic E-state index is 0.0311. The molecule has 13 nitrogen and oxygen atoms in total. The van der Waals surface area contributed by atoms with E-state index in [0.717, 1.165) is 0 Å². The molecule has 29 heavy (non-hydrogen) atoms. The minimum atomic E-state index is -3.88. The Balaban J connectivity index is 1.80. The quantitative estimate of drug-likeness (QED) is 0.353. The van der Waals surface area contributed by atoms with E-state index in [-0.39, 0.29) is 56.5 Å². The van der Waals surface area contributed by atoms with Crippen molar-refractivity contribution in [3.05, 3.63) is 28.6 Å². The predicted molar refractivity (Wildman–Crippen MR) is 105 cm³/mol. The monoisotopic (exact) mass is 447 g/mol. The number of anilines is 2. The number of nitrogens with one attached hydrogen (secondary N) is 2. The summed E-state index contributed by atoms with van der Waals surface area (Å²) in [5.41, 5.74) is 8.91. The average molecular weight is 447 g/mol. The van der Waals surface area contributed by atoms with Crippen LogP contribution >= 0.6 is 0 Å². The second-order valence-corrected chi connectivity index (χ2v) is 9.50. The van der Waals surface area contributed by atoms with E-state index in [4.69, 9.17) is 15.0 Å². The van der Waals surface area contributed by atoms with E-state index in [1.54, 1.807) is 0 Å². The SMILES string of the molecule is [N-]=[N+]=Nc1cc(NS(=O)(=O)N2CCOCC2)ccc1NS(=O)(=O)N1CCOCC1. The maximum Gasteiger partial charge on any atom is 0.301 e. The van der Waals surface area contributed by atoms with Crippen LogP contribution in [0.2, 0.25) is 0 Å². The number of ether oxygens (including phenoxy) is 2. The Morgan fingerprint density at radius 1 is 0.897 bits per heavy atom. The van der Waals surface area contributed by atoms with Gasteiger partial charge in [-0.15, -0.1) is 0 Å². The smallest absolute Gasteiger partial charge is 0.301 e. The molecular weight excluding hydrogens is 426 g/mol. The molecule has 0 bridgehead atoms. The van der Waals surface area contributed by atoms with Crippen molar-refractivity contribution in [2.24, 2.45) is 5.11 Å². The molecule has 0 spiro atoms. The first kappa shape index (κ1) is 21.6. The van der Waals surface area contributed by atoms with Crippen LogP contribution in [0.15, 0.2) is 23.3 Å². The molecule has 0 amide bonds. The highest BCUT2D eigenvalue weighted by atomic mass is 32.2. The number of hydrogen-bond acceptors (Lipinski definition) is 7. The van der Waals surface area contributed by atoms with E-state index in [9.17, 15) is 16.8 Å². The van der Waals surface area contributed by atoms with Crippen LogP contribution in [0.4, 0.5) is 17.1 Å². The lowest BCUT2D eigenvalue weighted by atomic mass is 10.2. The summed E-state index contributed by atoms with van der Waals surface area (Å²) in [5.74, 6) is 0. The molecule has 2 heterocycles. The lowest BCUT2D eigenvalue weighted by Crippen LogP contribution is -2.43. The average Bonchev–Trinajstić information content (AvgIpc) is 2.71. The zero-order chi connectivity index (χ0) is 20.9. The molecule has 0 saturated carbocycles. The second-order valence-electron chi connectivity index (χ2n) is 6.16. The van der Waals surface area contributed by atoms with Gasteiger partial charge in [0.2, 0.25) is 0 Å². The normalized spacial score (nSPS) is 19.3. The molecule has 0 aromatic heterocycles. The first-order chi connectivity index (χ1) is 13.8. The van der Waals surface area contributed by atoms with Crippen LogP contribution in [0.25, 0.3) is 10.4 Å². The molecule has 2 saturated heterocycles. The molecule has 1 aromatic rings. The summed E-state index contributed by atoms with van der Waals surface area (Å²) in [4.78, 5) is 2.69. The van der Waals surface area contributed by atoms with Gasteiger partial charge in [0.1, 0.15) is 0 Å². The van der Waals surface area contributed by atoms with Crippen molar-refractivity contribution in [2.75, 3.05) is 62.1 Å². The minimum Gasteiger partial charge on any atom is -0.379 e. The van der Waals surface area contributed by atoms with Gasteiger partial charge in [-0.05, 0) is 23.7 Å². The van der Waals surface area contributed by atoms with Gasteiger partial charge in [0, 0.05) is 31.1 Å². The number of benzene rings is 1. The third-order valence-corrected chi connectivity index (χ3v) is 7.32. The maximum absolute atomic E-state index is 12.5. The van der Waals surface area contributed by atoms with E-state index in [1.165, 1.54) is 26.8 Å². The van der Waals surface area contributed by atoms with Gasteiger partial charge in [0.25, 0.3) is 0 Å². The van der Waals surface area contributed by atoms with E-state index < -0.39 is 20.4 Å². The van der Waals surface area contributed by atoms with Crippen molar-refractivity contribution in [1.29, 1.82) is 0 Å². The van der Waals surface area contributed by atoms with Crippen LogP contribution in [-0.2, 0) is 29.9 Å². The Hall–Kier alpha value is -2.13. The lowest BCUT2D eigenvalue weighted by molar-refractivity contribution is 0.0733. The fraction of sp³-hybridized carbons (Fsp3) is 0.571. The summed E-state index contributed by atoms with van der Waals surface area (Å²) in [6.07, 6.45) is 0. The first-order valence-corrected chi connectivity index (χ1v) is 11.6. The van der Waals surface area contributed by atoms with Crippen LogP contribution in [0.5, 0.6) is 0 Å². The fourth-order valence-corrected chi connectivity index (χ4v) is 5.20. The second kappa shape index (κ2) is 9.13. The molecule has 0 atom stereocenters. The van der Waals surface area contributed by atoms with Gasteiger partial charge in [0.05, 0.1) is 43.5 Å². The van der Waals surface area contributed by atoms with Gasteiger partial charge < -0.3 is 9.47 Å². The highest BCUT2D eigenvalue weighted by Crippen LogP contribution is 2.31. The van der Waals surface area contributed by atoms with Gasteiger partial charge >= 0.3 is 20.4 Å².